The third-order valence-electron chi connectivity index (χ3n) is 4.41. The van der Waals surface area contributed by atoms with Gasteiger partial charge in [0.05, 0.1) is 12.7 Å². The van der Waals surface area contributed by atoms with Gasteiger partial charge in [0.15, 0.2) is 0 Å². The molecule has 1 aromatic heterocycles. The van der Waals surface area contributed by atoms with E-state index in [0.29, 0.717) is 18.7 Å². The molecule has 2 aromatic rings. The van der Waals surface area contributed by atoms with Crippen LogP contribution >= 0.6 is 0 Å². The first kappa shape index (κ1) is 16.6. The van der Waals surface area contributed by atoms with Crippen molar-refractivity contribution in [2.45, 2.75) is 37.8 Å². The standard InChI is InChI=1S/C18H19F2NO3/c19-13-5-6-15(20)12(9-13)10-18(23)21-7-1-3-14(21)11-16(22)17-4-2-8-24-17/h2,4-6,8-9,14,16,22H,1,3,7,10-11H2. The Balaban J connectivity index is 1.66. The Morgan fingerprint density at radius 3 is 2.96 bits per heavy atom. The minimum atomic E-state index is -0.788. The van der Waals surface area contributed by atoms with Gasteiger partial charge in [-0.25, -0.2) is 8.78 Å². The van der Waals surface area contributed by atoms with Crippen molar-refractivity contribution in [2.24, 2.45) is 0 Å². The van der Waals surface area contributed by atoms with Gasteiger partial charge in [0.2, 0.25) is 5.91 Å². The Labute approximate surface area is 138 Å². The summed E-state index contributed by atoms with van der Waals surface area (Å²) >= 11 is 0. The Morgan fingerprint density at radius 1 is 1.38 bits per heavy atom. The smallest absolute Gasteiger partial charge is 0.227 e. The maximum Gasteiger partial charge on any atom is 0.227 e. The molecule has 2 atom stereocenters. The first-order valence-corrected chi connectivity index (χ1v) is 7.99. The number of carbonyl (C=O) groups excluding carboxylic acids is 1. The number of nitrogens with zero attached hydrogens (tertiary/aromatic N) is 1. The van der Waals surface area contributed by atoms with Gasteiger partial charge in [-0.15, -0.1) is 0 Å². The number of hydrogen-bond donors (Lipinski definition) is 1. The molecule has 1 N–H and O–H groups in total. The molecule has 2 unspecified atom stereocenters. The van der Waals surface area contributed by atoms with Crippen LogP contribution in [0.4, 0.5) is 8.78 Å². The summed E-state index contributed by atoms with van der Waals surface area (Å²) < 4.78 is 32.1. The highest BCUT2D eigenvalue weighted by atomic mass is 19.1. The number of hydrogen-bond acceptors (Lipinski definition) is 3. The van der Waals surface area contributed by atoms with E-state index in [-0.39, 0.29) is 23.9 Å². The number of benzene rings is 1. The highest BCUT2D eigenvalue weighted by molar-refractivity contribution is 5.79. The molecule has 128 valence electrons. The molecule has 1 amide bonds. The van der Waals surface area contributed by atoms with Crippen LogP contribution in [-0.2, 0) is 11.2 Å². The van der Waals surface area contributed by atoms with Gasteiger partial charge in [0, 0.05) is 24.6 Å². The van der Waals surface area contributed by atoms with E-state index in [1.165, 1.54) is 6.26 Å². The number of furan rings is 1. The third-order valence-corrected chi connectivity index (χ3v) is 4.41. The van der Waals surface area contributed by atoms with Gasteiger partial charge in [-0.2, -0.15) is 0 Å². The van der Waals surface area contributed by atoms with Crippen LogP contribution in [0.15, 0.2) is 41.0 Å². The summed E-state index contributed by atoms with van der Waals surface area (Å²) in [6, 6.07) is 6.36. The summed E-state index contributed by atoms with van der Waals surface area (Å²) in [4.78, 5) is 14.1. The van der Waals surface area contributed by atoms with E-state index in [9.17, 15) is 18.7 Å². The lowest BCUT2D eigenvalue weighted by Gasteiger charge is -2.26. The molecule has 0 saturated carbocycles. The van der Waals surface area contributed by atoms with E-state index in [2.05, 4.69) is 0 Å². The molecule has 2 heterocycles. The van der Waals surface area contributed by atoms with Crippen molar-refractivity contribution in [1.29, 1.82) is 0 Å². The molecule has 0 spiro atoms. The van der Waals surface area contributed by atoms with Crippen molar-refractivity contribution in [3.8, 4) is 0 Å². The normalized spacial score (nSPS) is 18.8. The Bertz CT molecular complexity index is 702. The van der Waals surface area contributed by atoms with Crippen LogP contribution in [-0.4, -0.2) is 28.5 Å². The number of halogens is 2. The molecule has 0 bridgehead atoms. The van der Waals surface area contributed by atoms with Gasteiger partial charge >= 0.3 is 0 Å². The quantitative estimate of drug-likeness (QED) is 0.913. The van der Waals surface area contributed by atoms with E-state index in [1.54, 1.807) is 17.0 Å². The fourth-order valence-electron chi connectivity index (χ4n) is 3.21. The Morgan fingerprint density at radius 2 is 2.21 bits per heavy atom. The molecule has 4 nitrogen and oxygen atoms in total. The van der Waals surface area contributed by atoms with Gasteiger partial charge in [-0.1, -0.05) is 0 Å². The highest BCUT2D eigenvalue weighted by Crippen LogP contribution is 2.28. The van der Waals surface area contributed by atoms with Crippen molar-refractivity contribution < 1.29 is 23.1 Å². The molecule has 1 aliphatic heterocycles. The highest BCUT2D eigenvalue weighted by Gasteiger charge is 2.31. The van der Waals surface area contributed by atoms with E-state index >= 15 is 0 Å². The largest absolute Gasteiger partial charge is 0.467 e. The van der Waals surface area contributed by atoms with E-state index in [0.717, 1.165) is 31.0 Å². The predicted octanol–water partition coefficient (Wildman–Crippen LogP) is 3.22. The minimum Gasteiger partial charge on any atom is -0.467 e. The van der Waals surface area contributed by atoms with Crippen molar-refractivity contribution in [3.63, 3.8) is 0 Å². The zero-order chi connectivity index (χ0) is 17.1. The van der Waals surface area contributed by atoms with Crippen molar-refractivity contribution in [1.82, 2.24) is 4.90 Å². The number of amides is 1. The first-order chi connectivity index (χ1) is 11.5. The van der Waals surface area contributed by atoms with Crippen molar-refractivity contribution in [2.75, 3.05) is 6.54 Å². The second-order valence-corrected chi connectivity index (χ2v) is 6.06. The molecule has 0 aliphatic carbocycles. The zero-order valence-corrected chi connectivity index (χ0v) is 13.1. The molecule has 6 heteroatoms. The van der Waals surface area contributed by atoms with E-state index < -0.39 is 17.7 Å². The average Bonchev–Trinajstić information content (AvgIpc) is 3.22. The monoisotopic (exact) mass is 335 g/mol. The fourth-order valence-corrected chi connectivity index (χ4v) is 3.21. The van der Waals surface area contributed by atoms with Crippen LogP contribution in [0.1, 0.15) is 36.7 Å². The van der Waals surface area contributed by atoms with E-state index in [4.69, 9.17) is 4.42 Å². The first-order valence-electron chi connectivity index (χ1n) is 7.99. The van der Waals surface area contributed by atoms with Gasteiger partial charge < -0.3 is 14.4 Å². The second-order valence-electron chi connectivity index (χ2n) is 6.06. The zero-order valence-electron chi connectivity index (χ0n) is 13.1. The van der Waals surface area contributed by atoms with Crippen LogP contribution in [0, 0.1) is 11.6 Å². The molecule has 1 aromatic carbocycles. The number of likely N-dealkylation sites (tertiary alicyclic amines) is 1. The summed E-state index contributed by atoms with van der Waals surface area (Å²) in [5.41, 5.74) is 0.0530. The van der Waals surface area contributed by atoms with Gasteiger partial charge in [0.1, 0.15) is 23.5 Å². The molecule has 1 fully saturated rings. The molecule has 1 aliphatic rings. The van der Waals surface area contributed by atoms with Gasteiger partial charge in [-0.05, 0) is 43.2 Å². The lowest BCUT2D eigenvalue weighted by atomic mass is 10.0. The molecule has 0 radical (unpaired) electrons. The number of rotatable bonds is 5. The van der Waals surface area contributed by atoms with Crippen molar-refractivity contribution >= 4 is 5.91 Å². The van der Waals surface area contributed by atoms with Crippen LogP contribution in [0.2, 0.25) is 0 Å². The van der Waals surface area contributed by atoms with Gasteiger partial charge in [-0.3, -0.25) is 4.79 Å². The Hall–Kier alpha value is -2.21. The minimum absolute atomic E-state index is 0.0530. The molecular formula is C18H19F2NO3. The van der Waals surface area contributed by atoms with E-state index in [1.807, 2.05) is 0 Å². The predicted molar refractivity (Wildman–Crippen MR) is 83.1 cm³/mol. The lowest BCUT2D eigenvalue weighted by Crippen LogP contribution is -2.37. The molecule has 3 rings (SSSR count). The van der Waals surface area contributed by atoms with Crippen LogP contribution in [0.5, 0.6) is 0 Å². The summed E-state index contributed by atoms with van der Waals surface area (Å²) in [6.45, 7) is 0.561. The molecule has 1 saturated heterocycles. The maximum absolute atomic E-state index is 13.7. The van der Waals surface area contributed by atoms with Gasteiger partial charge in [0.25, 0.3) is 0 Å². The fraction of sp³-hybridized carbons (Fsp3) is 0.389. The third kappa shape index (κ3) is 3.64. The number of aliphatic hydroxyl groups excluding tert-OH is 1. The van der Waals surface area contributed by atoms with Crippen molar-refractivity contribution in [3.05, 3.63) is 59.6 Å². The number of carbonyl (C=O) groups is 1. The van der Waals surface area contributed by atoms with Crippen LogP contribution in [0.3, 0.4) is 0 Å². The summed E-state index contributed by atoms with van der Waals surface area (Å²) in [6.07, 6.45) is 2.48. The molecular weight excluding hydrogens is 316 g/mol. The summed E-state index contributed by atoms with van der Waals surface area (Å²) in [5.74, 6) is -0.944. The topological polar surface area (TPSA) is 53.7 Å². The SMILES string of the molecule is O=C(Cc1cc(F)ccc1F)N1CCCC1CC(O)c1ccco1. The van der Waals surface area contributed by atoms with Crippen LogP contribution < -0.4 is 0 Å². The number of aliphatic hydroxyl groups is 1. The van der Waals surface area contributed by atoms with Crippen LogP contribution in [0.25, 0.3) is 0 Å². The lowest BCUT2D eigenvalue weighted by molar-refractivity contribution is -0.131. The second kappa shape index (κ2) is 7.13. The average molecular weight is 335 g/mol. The summed E-state index contributed by atoms with van der Waals surface area (Å²) in [7, 11) is 0. The Kier molecular flexibility index (Phi) is 4.94. The summed E-state index contributed by atoms with van der Waals surface area (Å²) in [5, 5.41) is 10.2. The molecule has 24 heavy (non-hydrogen) atoms. The maximum atomic E-state index is 13.7.